The molecule has 0 aromatic heterocycles. The number of nitrogens with one attached hydrogen (secondary N) is 1. The summed E-state index contributed by atoms with van der Waals surface area (Å²) >= 11 is 0. The highest BCUT2D eigenvalue weighted by atomic mass is 15.0. The van der Waals surface area contributed by atoms with Crippen molar-refractivity contribution < 1.29 is 0 Å². The molecule has 2 atom stereocenters. The van der Waals surface area contributed by atoms with Gasteiger partial charge in [-0.25, -0.2) is 0 Å². The van der Waals surface area contributed by atoms with Crippen molar-refractivity contribution in [3.63, 3.8) is 0 Å². The van der Waals surface area contributed by atoms with Crippen LogP contribution in [0.15, 0.2) is 30.3 Å². The highest BCUT2D eigenvalue weighted by Gasteiger charge is 2.17. The molecular formula is C13H19N. The molecule has 1 aromatic rings. The Morgan fingerprint density at radius 1 is 1.21 bits per heavy atom. The van der Waals surface area contributed by atoms with Crippen LogP contribution in [-0.4, -0.2) is 12.1 Å². The summed E-state index contributed by atoms with van der Waals surface area (Å²) in [6.07, 6.45) is 5.24. The molecule has 1 fully saturated rings. The van der Waals surface area contributed by atoms with Gasteiger partial charge in [0.2, 0.25) is 0 Å². The Morgan fingerprint density at radius 3 is 2.71 bits per heavy atom. The van der Waals surface area contributed by atoms with Crippen LogP contribution >= 0.6 is 0 Å². The smallest absolute Gasteiger partial charge is 0.0110 e. The zero-order chi connectivity index (χ0) is 9.80. The van der Waals surface area contributed by atoms with Crippen molar-refractivity contribution in [3.05, 3.63) is 35.9 Å². The number of hydrogen-bond donors (Lipinski definition) is 1. The molecule has 1 heteroatoms. The molecule has 0 amide bonds. The van der Waals surface area contributed by atoms with E-state index in [9.17, 15) is 0 Å². The minimum Gasteiger partial charge on any atom is -0.311 e. The monoisotopic (exact) mass is 189 g/mol. The van der Waals surface area contributed by atoms with Crippen molar-refractivity contribution in [2.75, 3.05) is 0 Å². The van der Waals surface area contributed by atoms with Crippen LogP contribution in [0.4, 0.5) is 0 Å². The summed E-state index contributed by atoms with van der Waals surface area (Å²) in [6, 6.07) is 12.2. The molecule has 0 bridgehead atoms. The maximum atomic E-state index is 3.66. The average molecular weight is 189 g/mol. The first-order valence-electron chi connectivity index (χ1n) is 5.64. The summed E-state index contributed by atoms with van der Waals surface area (Å²) in [5.74, 6) is 0. The minimum absolute atomic E-state index is 0.696. The normalized spacial score (nSPS) is 27.5. The fourth-order valence-electron chi connectivity index (χ4n) is 2.30. The molecule has 1 aliphatic rings. The van der Waals surface area contributed by atoms with Crippen molar-refractivity contribution in [1.29, 1.82) is 0 Å². The lowest BCUT2D eigenvalue weighted by Gasteiger charge is -2.28. The fraction of sp³-hybridized carbons (Fsp3) is 0.538. The molecule has 1 saturated heterocycles. The van der Waals surface area contributed by atoms with Gasteiger partial charge in [-0.1, -0.05) is 36.8 Å². The van der Waals surface area contributed by atoms with Crippen molar-refractivity contribution in [1.82, 2.24) is 5.32 Å². The maximum absolute atomic E-state index is 3.66. The molecule has 1 heterocycles. The van der Waals surface area contributed by atoms with E-state index >= 15 is 0 Å². The van der Waals surface area contributed by atoms with Crippen LogP contribution in [0.5, 0.6) is 0 Å². The summed E-state index contributed by atoms with van der Waals surface area (Å²) in [6.45, 7) is 2.29. The van der Waals surface area contributed by atoms with Crippen LogP contribution in [0.2, 0.25) is 0 Å². The molecule has 0 aliphatic carbocycles. The van der Waals surface area contributed by atoms with Crippen molar-refractivity contribution in [2.24, 2.45) is 0 Å². The molecular weight excluding hydrogens is 170 g/mol. The van der Waals surface area contributed by atoms with Gasteiger partial charge in [0.15, 0.2) is 0 Å². The standard InChI is InChI=1S/C13H19N/c1-11-6-5-9-13(14-11)10-12-7-3-2-4-8-12/h2-4,7-8,11,13-14H,5-6,9-10H2,1H3/t11-,13+/m0/s1. The first kappa shape index (κ1) is 9.72. The Balaban J connectivity index is 1.91. The van der Waals surface area contributed by atoms with Gasteiger partial charge >= 0.3 is 0 Å². The Morgan fingerprint density at radius 2 is 2.00 bits per heavy atom. The number of benzene rings is 1. The van der Waals surface area contributed by atoms with Gasteiger partial charge < -0.3 is 5.32 Å². The Labute approximate surface area is 86.5 Å². The van der Waals surface area contributed by atoms with E-state index in [1.165, 1.54) is 31.2 Å². The number of piperidine rings is 1. The lowest BCUT2D eigenvalue weighted by molar-refractivity contribution is 0.333. The highest BCUT2D eigenvalue weighted by Crippen LogP contribution is 2.15. The van der Waals surface area contributed by atoms with Crippen molar-refractivity contribution >= 4 is 0 Å². The summed E-state index contributed by atoms with van der Waals surface area (Å²) in [7, 11) is 0. The third kappa shape index (κ3) is 2.58. The van der Waals surface area contributed by atoms with Crippen LogP contribution in [0.25, 0.3) is 0 Å². The molecule has 1 aliphatic heterocycles. The molecule has 2 rings (SSSR count). The van der Waals surface area contributed by atoms with E-state index in [1.54, 1.807) is 0 Å². The van der Waals surface area contributed by atoms with Gasteiger partial charge in [-0.3, -0.25) is 0 Å². The topological polar surface area (TPSA) is 12.0 Å². The van der Waals surface area contributed by atoms with Gasteiger partial charge in [0.25, 0.3) is 0 Å². The number of hydrogen-bond acceptors (Lipinski definition) is 1. The lowest BCUT2D eigenvalue weighted by Crippen LogP contribution is -2.41. The average Bonchev–Trinajstić information content (AvgIpc) is 2.19. The molecule has 1 nitrogen and oxygen atoms in total. The van der Waals surface area contributed by atoms with Crippen LogP contribution in [0.1, 0.15) is 31.7 Å². The quantitative estimate of drug-likeness (QED) is 0.754. The van der Waals surface area contributed by atoms with Crippen LogP contribution in [-0.2, 0) is 6.42 Å². The first-order chi connectivity index (χ1) is 6.84. The first-order valence-corrected chi connectivity index (χ1v) is 5.64. The van der Waals surface area contributed by atoms with Crippen LogP contribution in [0, 0.1) is 0 Å². The van der Waals surface area contributed by atoms with Gasteiger partial charge in [-0.15, -0.1) is 0 Å². The summed E-state index contributed by atoms with van der Waals surface area (Å²) in [4.78, 5) is 0. The van der Waals surface area contributed by atoms with E-state index in [0.29, 0.717) is 12.1 Å². The van der Waals surface area contributed by atoms with E-state index in [0.717, 1.165) is 0 Å². The van der Waals surface area contributed by atoms with Gasteiger partial charge in [0.05, 0.1) is 0 Å². The van der Waals surface area contributed by atoms with Crippen LogP contribution in [0.3, 0.4) is 0 Å². The Bertz CT molecular complexity index is 268. The zero-order valence-electron chi connectivity index (χ0n) is 8.87. The van der Waals surface area contributed by atoms with E-state index in [2.05, 4.69) is 42.6 Å². The van der Waals surface area contributed by atoms with E-state index in [-0.39, 0.29) is 0 Å². The van der Waals surface area contributed by atoms with Crippen molar-refractivity contribution in [2.45, 2.75) is 44.7 Å². The molecule has 0 unspecified atom stereocenters. The number of rotatable bonds is 2. The van der Waals surface area contributed by atoms with Crippen LogP contribution < -0.4 is 5.32 Å². The molecule has 0 saturated carbocycles. The van der Waals surface area contributed by atoms with Gasteiger partial charge in [-0.05, 0) is 31.7 Å². The zero-order valence-corrected chi connectivity index (χ0v) is 8.87. The summed E-state index contributed by atoms with van der Waals surface area (Å²) in [5, 5.41) is 3.66. The Kier molecular flexibility index (Phi) is 3.20. The third-order valence-electron chi connectivity index (χ3n) is 3.03. The second-order valence-corrected chi connectivity index (χ2v) is 4.39. The summed E-state index contributed by atoms with van der Waals surface area (Å²) in [5.41, 5.74) is 1.46. The van der Waals surface area contributed by atoms with Gasteiger partial charge in [0, 0.05) is 12.1 Å². The maximum Gasteiger partial charge on any atom is 0.0110 e. The molecule has 14 heavy (non-hydrogen) atoms. The Hall–Kier alpha value is -0.820. The predicted molar refractivity (Wildman–Crippen MR) is 60.4 cm³/mol. The summed E-state index contributed by atoms with van der Waals surface area (Å²) < 4.78 is 0. The molecule has 0 spiro atoms. The van der Waals surface area contributed by atoms with Crippen molar-refractivity contribution in [3.8, 4) is 0 Å². The fourth-order valence-corrected chi connectivity index (χ4v) is 2.30. The van der Waals surface area contributed by atoms with E-state index in [4.69, 9.17) is 0 Å². The van der Waals surface area contributed by atoms with Gasteiger partial charge in [0.1, 0.15) is 0 Å². The SMILES string of the molecule is C[C@H]1CCC[C@H](Cc2ccccc2)N1. The second-order valence-electron chi connectivity index (χ2n) is 4.39. The van der Waals surface area contributed by atoms with Gasteiger partial charge in [-0.2, -0.15) is 0 Å². The minimum atomic E-state index is 0.696. The van der Waals surface area contributed by atoms with E-state index in [1.807, 2.05) is 0 Å². The third-order valence-corrected chi connectivity index (χ3v) is 3.03. The molecule has 1 N–H and O–H groups in total. The highest BCUT2D eigenvalue weighted by molar-refractivity contribution is 5.16. The largest absolute Gasteiger partial charge is 0.311 e. The predicted octanol–water partition coefficient (Wildman–Crippen LogP) is 2.76. The lowest BCUT2D eigenvalue weighted by atomic mass is 9.94. The molecule has 1 aromatic carbocycles. The molecule has 0 radical (unpaired) electrons. The second kappa shape index (κ2) is 4.61. The van der Waals surface area contributed by atoms with E-state index < -0.39 is 0 Å². The molecule has 76 valence electrons.